The Kier molecular flexibility index (Phi) is 3.68. The molecule has 0 fully saturated rings. The number of aromatic nitrogens is 3. The summed E-state index contributed by atoms with van der Waals surface area (Å²) in [7, 11) is 0. The van der Waals surface area contributed by atoms with Gasteiger partial charge in [-0.25, -0.2) is 0 Å². The Bertz CT molecular complexity index is 750. The molecule has 2 aromatic carbocycles. The molecule has 21 heavy (non-hydrogen) atoms. The molecule has 3 aromatic rings. The molecule has 7 heteroatoms. The van der Waals surface area contributed by atoms with E-state index in [1.54, 1.807) is 28.9 Å². The standard InChI is InChI=1S/C14H11Cl2N5/c15-9-1-5-11(6-2-9)18-14-19-13(17)20-21(14)12-7-3-10(16)4-8-12/h1-8H,(H3,17,18,19,20). The summed E-state index contributed by atoms with van der Waals surface area (Å²) in [5.74, 6) is 0.693. The fourth-order valence-electron chi connectivity index (χ4n) is 1.83. The first-order valence-corrected chi connectivity index (χ1v) is 6.88. The van der Waals surface area contributed by atoms with E-state index < -0.39 is 0 Å². The van der Waals surface area contributed by atoms with Crippen LogP contribution in [0.2, 0.25) is 10.0 Å². The Hall–Kier alpha value is -2.24. The summed E-state index contributed by atoms with van der Waals surface area (Å²) >= 11 is 11.8. The molecular weight excluding hydrogens is 309 g/mol. The Labute approximate surface area is 131 Å². The van der Waals surface area contributed by atoms with E-state index in [1.807, 2.05) is 24.3 Å². The van der Waals surface area contributed by atoms with Gasteiger partial charge in [0.25, 0.3) is 0 Å². The molecule has 1 aromatic heterocycles. The van der Waals surface area contributed by atoms with E-state index in [4.69, 9.17) is 28.9 Å². The molecule has 0 bridgehead atoms. The summed E-state index contributed by atoms with van der Waals surface area (Å²) in [6.07, 6.45) is 0. The Morgan fingerprint density at radius 3 is 2.10 bits per heavy atom. The first kappa shape index (κ1) is 13.7. The number of hydrogen-bond acceptors (Lipinski definition) is 4. The van der Waals surface area contributed by atoms with E-state index in [-0.39, 0.29) is 5.95 Å². The molecule has 0 atom stereocenters. The highest BCUT2D eigenvalue weighted by Crippen LogP contribution is 2.22. The fraction of sp³-hybridized carbons (Fsp3) is 0. The van der Waals surface area contributed by atoms with Crippen LogP contribution >= 0.6 is 23.2 Å². The lowest BCUT2D eigenvalue weighted by Crippen LogP contribution is -2.03. The van der Waals surface area contributed by atoms with E-state index in [2.05, 4.69) is 15.4 Å². The summed E-state index contributed by atoms with van der Waals surface area (Å²) in [6.45, 7) is 0. The van der Waals surface area contributed by atoms with Gasteiger partial charge in [-0.2, -0.15) is 9.67 Å². The minimum absolute atomic E-state index is 0.182. The van der Waals surface area contributed by atoms with Gasteiger partial charge in [-0.1, -0.05) is 23.2 Å². The van der Waals surface area contributed by atoms with Gasteiger partial charge in [-0.15, -0.1) is 5.10 Å². The van der Waals surface area contributed by atoms with E-state index in [1.165, 1.54) is 0 Å². The minimum Gasteiger partial charge on any atom is -0.366 e. The molecule has 0 radical (unpaired) electrons. The summed E-state index contributed by atoms with van der Waals surface area (Å²) < 4.78 is 1.61. The number of nitrogens with zero attached hydrogens (tertiary/aromatic N) is 3. The summed E-state index contributed by atoms with van der Waals surface area (Å²) in [5, 5.41) is 8.65. The molecule has 0 unspecified atom stereocenters. The van der Waals surface area contributed by atoms with Crippen LogP contribution in [-0.2, 0) is 0 Å². The number of nitrogens with two attached hydrogens (primary N) is 1. The SMILES string of the molecule is Nc1nc(Nc2ccc(Cl)cc2)n(-c2ccc(Cl)cc2)n1. The van der Waals surface area contributed by atoms with Gasteiger partial charge in [-0.05, 0) is 48.5 Å². The van der Waals surface area contributed by atoms with Crippen LogP contribution in [0.25, 0.3) is 5.69 Å². The van der Waals surface area contributed by atoms with Crippen molar-refractivity contribution in [2.45, 2.75) is 0 Å². The molecule has 5 nitrogen and oxygen atoms in total. The number of benzene rings is 2. The van der Waals surface area contributed by atoms with Crippen LogP contribution in [0.4, 0.5) is 17.6 Å². The Morgan fingerprint density at radius 1 is 0.905 bits per heavy atom. The molecule has 1 heterocycles. The number of halogens is 2. The van der Waals surface area contributed by atoms with Crippen LogP contribution in [0.1, 0.15) is 0 Å². The second-order valence-corrected chi connectivity index (χ2v) is 5.19. The van der Waals surface area contributed by atoms with Crippen molar-refractivity contribution in [2.24, 2.45) is 0 Å². The van der Waals surface area contributed by atoms with Gasteiger partial charge in [0, 0.05) is 15.7 Å². The lowest BCUT2D eigenvalue weighted by atomic mass is 10.3. The van der Waals surface area contributed by atoms with Crippen molar-refractivity contribution in [3.05, 3.63) is 58.6 Å². The van der Waals surface area contributed by atoms with Crippen LogP contribution in [0.5, 0.6) is 0 Å². The number of nitrogens with one attached hydrogen (secondary N) is 1. The number of nitrogen functional groups attached to an aromatic ring is 1. The van der Waals surface area contributed by atoms with Crippen LogP contribution in [0.15, 0.2) is 48.5 Å². The lowest BCUT2D eigenvalue weighted by Gasteiger charge is -2.08. The van der Waals surface area contributed by atoms with Crippen molar-refractivity contribution in [1.29, 1.82) is 0 Å². The van der Waals surface area contributed by atoms with Crippen LogP contribution in [0, 0.1) is 0 Å². The van der Waals surface area contributed by atoms with Crippen molar-refractivity contribution in [3.8, 4) is 5.69 Å². The first-order chi connectivity index (χ1) is 10.1. The van der Waals surface area contributed by atoms with E-state index in [0.29, 0.717) is 16.0 Å². The summed E-state index contributed by atoms with van der Waals surface area (Å²) in [6, 6.07) is 14.5. The quantitative estimate of drug-likeness (QED) is 0.768. The Morgan fingerprint density at radius 2 is 1.48 bits per heavy atom. The molecule has 0 aliphatic rings. The summed E-state index contributed by atoms with van der Waals surface area (Å²) in [5.41, 5.74) is 7.34. The molecule has 0 spiro atoms. The molecule has 3 rings (SSSR count). The van der Waals surface area contributed by atoms with Crippen LogP contribution in [-0.4, -0.2) is 14.8 Å². The fourth-order valence-corrected chi connectivity index (χ4v) is 2.09. The van der Waals surface area contributed by atoms with E-state index in [0.717, 1.165) is 11.4 Å². The molecule has 0 amide bonds. The smallest absolute Gasteiger partial charge is 0.241 e. The van der Waals surface area contributed by atoms with Crippen molar-refractivity contribution in [2.75, 3.05) is 11.1 Å². The largest absolute Gasteiger partial charge is 0.366 e. The third kappa shape index (κ3) is 3.09. The molecular formula is C14H11Cl2N5. The monoisotopic (exact) mass is 319 g/mol. The van der Waals surface area contributed by atoms with Gasteiger partial charge < -0.3 is 11.1 Å². The number of rotatable bonds is 3. The highest BCUT2D eigenvalue weighted by atomic mass is 35.5. The molecule has 0 saturated heterocycles. The average Bonchev–Trinajstić information content (AvgIpc) is 2.83. The molecule has 3 N–H and O–H groups in total. The zero-order valence-corrected chi connectivity index (χ0v) is 12.3. The maximum atomic E-state index is 5.89. The van der Waals surface area contributed by atoms with E-state index in [9.17, 15) is 0 Å². The van der Waals surface area contributed by atoms with Gasteiger partial charge in [0.05, 0.1) is 5.69 Å². The third-order valence-corrected chi connectivity index (χ3v) is 3.30. The molecule has 106 valence electrons. The van der Waals surface area contributed by atoms with Crippen LogP contribution < -0.4 is 11.1 Å². The van der Waals surface area contributed by atoms with Crippen molar-refractivity contribution in [1.82, 2.24) is 14.8 Å². The zero-order chi connectivity index (χ0) is 14.8. The maximum Gasteiger partial charge on any atom is 0.241 e. The van der Waals surface area contributed by atoms with Crippen molar-refractivity contribution in [3.63, 3.8) is 0 Å². The number of hydrogen-bond donors (Lipinski definition) is 2. The molecule has 0 aliphatic carbocycles. The van der Waals surface area contributed by atoms with E-state index >= 15 is 0 Å². The van der Waals surface area contributed by atoms with Crippen molar-refractivity contribution >= 4 is 40.8 Å². The third-order valence-electron chi connectivity index (χ3n) is 2.80. The lowest BCUT2D eigenvalue weighted by molar-refractivity contribution is 0.892. The highest BCUT2D eigenvalue weighted by molar-refractivity contribution is 6.30. The average molecular weight is 320 g/mol. The second kappa shape index (κ2) is 5.63. The highest BCUT2D eigenvalue weighted by Gasteiger charge is 2.10. The zero-order valence-electron chi connectivity index (χ0n) is 10.8. The van der Waals surface area contributed by atoms with Crippen molar-refractivity contribution < 1.29 is 0 Å². The second-order valence-electron chi connectivity index (χ2n) is 4.31. The van der Waals surface area contributed by atoms with Gasteiger partial charge in [0.15, 0.2) is 0 Å². The topological polar surface area (TPSA) is 68.8 Å². The Balaban J connectivity index is 1.95. The predicted molar refractivity (Wildman–Crippen MR) is 85.5 cm³/mol. The molecule has 0 aliphatic heterocycles. The van der Waals surface area contributed by atoms with Crippen LogP contribution in [0.3, 0.4) is 0 Å². The number of anilines is 3. The molecule has 0 saturated carbocycles. The van der Waals surface area contributed by atoms with Gasteiger partial charge in [0.2, 0.25) is 11.9 Å². The van der Waals surface area contributed by atoms with Gasteiger partial charge in [0.1, 0.15) is 0 Å². The van der Waals surface area contributed by atoms with Gasteiger partial charge in [-0.3, -0.25) is 0 Å². The van der Waals surface area contributed by atoms with Gasteiger partial charge >= 0.3 is 0 Å². The first-order valence-electron chi connectivity index (χ1n) is 6.13. The normalized spacial score (nSPS) is 10.6. The maximum absolute atomic E-state index is 5.89. The summed E-state index contributed by atoms with van der Waals surface area (Å²) in [4.78, 5) is 4.18. The minimum atomic E-state index is 0.182. The predicted octanol–water partition coefficient (Wildman–Crippen LogP) is 3.90.